The Bertz CT molecular complexity index is 766. The smallest absolute Gasteiger partial charge is 0.241 e. The Kier molecular flexibility index (Phi) is 6.63. The van der Waals surface area contributed by atoms with Crippen LogP contribution in [-0.2, 0) is 4.79 Å². The molecule has 2 rings (SSSR count). The molecular formula is C19H21F3N2O2. The molecule has 2 aromatic rings. The number of rotatable bonds is 7. The summed E-state index contributed by atoms with van der Waals surface area (Å²) in [5, 5.41) is 2.27. The summed E-state index contributed by atoms with van der Waals surface area (Å²) in [5.41, 5.74) is 0.731. The van der Waals surface area contributed by atoms with Gasteiger partial charge in [0, 0.05) is 6.54 Å². The molecule has 0 heterocycles. The highest BCUT2D eigenvalue weighted by Crippen LogP contribution is 2.20. The number of ether oxygens (including phenoxy) is 1. The zero-order chi connectivity index (χ0) is 19.3. The topological polar surface area (TPSA) is 41.6 Å². The monoisotopic (exact) mass is 366 g/mol. The Hall–Kier alpha value is -2.54. The average Bonchev–Trinajstić information content (AvgIpc) is 2.63. The van der Waals surface area contributed by atoms with Crippen molar-refractivity contribution < 1.29 is 22.7 Å². The molecule has 0 bridgehead atoms. The van der Waals surface area contributed by atoms with Crippen LogP contribution >= 0.6 is 0 Å². The first kappa shape index (κ1) is 19.8. The third-order valence-electron chi connectivity index (χ3n) is 4.07. The zero-order valence-electron chi connectivity index (χ0n) is 14.9. The lowest BCUT2D eigenvalue weighted by Gasteiger charge is -2.24. The van der Waals surface area contributed by atoms with Crippen LogP contribution in [0.5, 0.6) is 5.75 Å². The normalized spacial score (nSPS) is 12.1. The van der Waals surface area contributed by atoms with Crippen LogP contribution in [0.15, 0.2) is 36.4 Å². The predicted molar refractivity (Wildman–Crippen MR) is 93.7 cm³/mol. The number of carbonyl (C=O) groups excluding carboxylic acids is 1. The second-order valence-corrected chi connectivity index (χ2v) is 6.03. The quantitative estimate of drug-likeness (QED) is 0.759. The first-order chi connectivity index (χ1) is 12.3. The number of halogens is 3. The maximum atomic E-state index is 13.6. The van der Waals surface area contributed by atoms with E-state index >= 15 is 0 Å². The van der Waals surface area contributed by atoms with Gasteiger partial charge >= 0.3 is 0 Å². The minimum atomic E-state index is -1.62. The number of carbonyl (C=O) groups is 1. The molecule has 0 aromatic heterocycles. The van der Waals surface area contributed by atoms with Gasteiger partial charge in [0.1, 0.15) is 12.4 Å². The summed E-state index contributed by atoms with van der Waals surface area (Å²) in [4.78, 5) is 13.9. The fraction of sp³-hybridized carbons (Fsp3) is 0.316. The van der Waals surface area contributed by atoms with Gasteiger partial charge in [-0.1, -0.05) is 17.7 Å². The molecule has 0 aliphatic carbocycles. The summed E-state index contributed by atoms with van der Waals surface area (Å²) in [5.74, 6) is -4.15. The van der Waals surface area contributed by atoms with E-state index in [-0.39, 0.29) is 0 Å². The second kappa shape index (κ2) is 8.71. The van der Waals surface area contributed by atoms with E-state index in [1.165, 1.54) is 0 Å². The van der Waals surface area contributed by atoms with E-state index in [9.17, 15) is 18.0 Å². The number of aryl methyl sites for hydroxylation is 1. The Morgan fingerprint density at radius 1 is 1.12 bits per heavy atom. The van der Waals surface area contributed by atoms with Crippen molar-refractivity contribution in [3.05, 3.63) is 59.4 Å². The van der Waals surface area contributed by atoms with Crippen LogP contribution in [-0.4, -0.2) is 37.0 Å². The molecule has 0 saturated heterocycles. The molecule has 0 radical (unpaired) electrons. The Labute approximate surface area is 150 Å². The first-order valence-corrected chi connectivity index (χ1v) is 8.13. The lowest BCUT2D eigenvalue weighted by molar-refractivity contribution is -0.120. The Balaban J connectivity index is 1.87. The molecule has 140 valence electrons. The number of hydrogen-bond donors (Lipinski definition) is 1. The van der Waals surface area contributed by atoms with E-state index in [1.54, 1.807) is 18.9 Å². The molecule has 1 atom stereocenters. The molecule has 0 fully saturated rings. The SMILES string of the molecule is Cc1ccc(OCCN(C)C(C)C(=O)Nc2ccc(F)c(F)c2F)cc1. The van der Waals surface area contributed by atoms with Gasteiger partial charge in [-0.3, -0.25) is 9.69 Å². The number of nitrogens with zero attached hydrogens (tertiary/aromatic N) is 1. The number of amides is 1. The highest BCUT2D eigenvalue weighted by molar-refractivity contribution is 5.94. The van der Waals surface area contributed by atoms with Crippen LogP contribution in [0.25, 0.3) is 0 Å². The van der Waals surface area contributed by atoms with Gasteiger partial charge in [-0.05, 0) is 45.2 Å². The van der Waals surface area contributed by atoms with Crippen LogP contribution in [0.3, 0.4) is 0 Å². The fourth-order valence-electron chi connectivity index (χ4n) is 2.20. The van der Waals surface area contributed by atoms with Gasteiger partial charge in [0.25, 0.3) is 0 Å². The lowest BCUT2D eigenvalue weighted by Crippen LogP contribution is -2.41. The molecule has 1 amide bonds. The van der Waals surface area contributed by atoms with Crippen molar-refractivity contribution >= 4 is 11.6 Å². The second-order valence-electron chi connectivity index (χ2n) is 6.03. The third kappa shape index (κ3) is 4.98. The number of benzene rings is 2. The van der Waals surface area contributed by atoms with Crippen LogP contribution in [0.1, 0.15) is 12.5 Å². The highest BCUT2D eigenvalue weighted by Gasteiger charge is 2.21. The molecule has 0 aliphatic heterocycles. The van der Waals surface area contributed by atoms with E-state index in [0.29, 0.717) is 13.2 Å². The standard InChI is InChI=1S/C19H21F3N2O2/c1-12-4-6-14(7-5-12)26-11-10-24(3)13(2)19(25)23-16-9-8-15(20)17(21)18(16)22/h4-9,13H,10-11H2,1-3H3,(H,23,25). The van der Waals surface area contributed by atoms with Gasteiger partial charge in [-0.15, -0.1) is 0 Å². The van der Waals surface area contributed by atoms with Gasteiger partial charge < -0.3 is 10.1 Å². The number of anilines is 1. The summed E-state index contributed by atoms with van der Waals surface area (Å²) < 4.78 is 45.4. The molecule has 2 aromatic carbocycles. The summed E-state index contributed by atoms with van der Waals surface area (Å²) in [6, 6.07) is 8.71. The molecule has 1 unspecified atom stereocenters. The first-order valence-electron chi connectivity index (χ1n) is 8.13. The van der Waals surface area contributed by atoms with Crippen molar-refractivity contribution in [3.63, 3.8) is 0 Å². The molecule has 26 heavy (non-hydrogen) atoms. The van der Waals surface area contributed by atoms with Crippen molar-refractivity contribution in [2.24, 2.45) is 0 Å². The molecule has 1 N–H and O–H groups in total. The summed E-state index contributed by atoms with van der Waals surface area (Å²) in [6.45, 7) is 4.41. The Morgan fingerprint density at radius 3 is 2.42 bits per heavy atom. The van der Waals surface area contributed by atoms with Gasteiger partial charge in [-0.25, -0.2) is 13.2 Å². The van der Waals surface area contributed by atoms with Gasteiger partial charge in [-0.2, -0.15) is 0 Å². The van der Waals surface area contributed by atoms with Crippen LogP contribution in [0, 0.1) is 24.4 Å². The average molecular weight is 366 g/mol. The zero-order valence-corrected chi connectivity index (χ0v) is 14.9. The maximum absolute atomic E-state index is 13.6. The van der Waals surface area contributed by atoms with E-state index in [0.717, 1.165) is 23.4 Å². The fourth-order valence-corrected chi connectivity index (χ4v) is 2.20. The largest absolute Gasteiger partial charge is 0.492 e. The van der Waals surface area contributed by atoms with Crippen molar-refractivity contribution in [2.75, 3.05) is 25.5 Å². The molecule has 4 nitrogen and oxygen atoms in total. The van der Waals surface area contributed by atoms with E-state index in [2.05, 4.69) is 5.32 Å². The molecule has 0 saturated carbocycles. The Morgan fingerprint density at radius 2 is 1.77 bits per heavy atom. The minimum Gasteiger partial charge on any atom is -0.492 e. The van der Waals surface area contributed by atoms with E-state index < -0.39 is 35.1 Å². The van der Waals surface area contributed by atoms with Crippen molar-refractivity contribution in [3.8, 4) is 5.75 Å². The minimum absolute atomic E-state index is 0.358. The highest BCUT2D eigenvalue weighted by atomic mass is 19.2. The van der Waals surface area contributed by atoms with Crippen molar-refractivity contribution in [2.45, 2.75) is 19.9 Å². The maximum Gasteiger partial charge on any atom is 0.241 e. The van der Waals surface area contributed by atoms with Crippen molar-refractivity contribution in [1.29, 1.82) is 0 Å². The van der Waals surface area contributed by atoms with Gasteiger partial charge in [0.2, 0.25) is 5.91 Å². The molecule has 7 heteroatoms. The van der Waals surface area contributed by atoms with Crippen LogP contribution in [0.4, 0.5) is 18.9 Å². The van der Waals surface area contributed by atoms with E-state index in [1.807, 2.05) is 31.2 Å². The van der Waals surface area contributed by atoms with Gasteiger partial charge in [0.05, 0.1) is 11.7 Å². The summed E-state index contributed by atoms with van der Waals surface area (Å²) in [7, 11) is 1.71. The number of hydrogen-bond acceptors (Lipinski definition) is 3. The third-order valence-corrected chi connectivity index (χ3v) is 4.07. The number of likely N-dealkylation sites (N-methyl/N-ethyl adjacent to an activating group) is 1. The summed E-state index contributed by atoms with van der Waals surface area (Å²) >= 11 is 0. The predicted octanol–water partition coefficient (Wildman–Crippen LogP) is 3.75. The van der Waals surface area contributed by atoms with Crippen LogP contribution < -0.4 is 10.1 Å². The van der Waals surface area contributed by atoms with Crippen molar-refractivity contribution in [1.82, 2.24) is 4.90 Å². The van der Waals surface area contributed by atoms with Gasteiger partial charge in [0.15, 0.2) is 17.5 Å². The van der Waals surface area contributed by atoms with E-state index in [4.69, 9.17) is 4.74 Å². The van der Waals surface area contributed by atoms with Crippen LogP contribution in [0.2, 0.25) is 0 Å². The number of nitrogens with one attached hydrogen (secondary N) is 1. The summed E-state index contributed by atoms with van der Waals surface area (Å²) in [6.07, 6.45) is 0. The molecular weight excluding hydrogens is 345 g/mol. The molecule has 0 aliphatic rings. The lowest BCUT2D eigenvalue weighted by atomic mass is 10.2. The molecule has 0 spiro atoms.